The first-order valence-electron chi connectivity index (χ1n) is 10.4. The van der Waals surface area contributed by atoms with E-state index >= 15 is 0 Å². The van der Waals surface area contributed by atoms with Gasteiger partial charge in [-0.25, -0.2) is 0 Å². The van der Waals surface area contributed by atoms with Crippen LogP contribution in [0.3, 0.4) is 0 Å². The minimum atomic E-state index is -0.227. The van der Waals surface area contributed by atoms with Crippen LogP contribution in [0.1, 0.15) is 94.5 Å². The first-order valence-corrected chi connectivity index (χ1v) is 13.5. The molecule has 0 bridgehead atoms. The molecule has 28 heavy (non-hydrogen) atoms. The van der Waals surface area contributed by atoms with E-state index in [2.05, 4.69) is 95.2 Å². The lowest BCUT2D eigenvalue weighted by molar-refractivity contribution is 0.413. The molecule has 0 saturated heterocycles. The number of nitrogens with zero attached hydrogens (tertiary/aromatic N) is 1. The molecule has 0 aliphatic carbocycles. The average Bonchev–Trinajstić information content (AvgIpc) is 2.45. The van der Waals surface area contributed by atoms with Crippen LogP contribution in [0.2, 0.25) is 0 Å². The molecular weight excluding hydrogens is 380 g/mol. The Balaban J connectivity index is 3.32. The average molecular weight is 426 g/mol. The number of hydrogen-bond donors (Lipinski definition) is 0. The van der Waals surface area contributed by atoms with Gasteiger partial charge in [-0.1, -0.05) is 98.9 Å². The van der Waals surface area contributed by atoms with E-state index in [1.807, 2.05) is 0 Å². The third-order valence-electron chi connectivity index (χ3n) is 5.02. The van der Waals surface area contributed by atoms with E-state index in [0.29, 0.717) is 20.6 Å². The van der Waals surface area contributed by atoms with Crippen LogP contribution in [-0.2, 0) is 12.3 Å². The largest absolute Gasteiger partial charge is 0.497 e. The van der Waals surface area contributed by atoms with Crippen molar-refractivity contribution in [2.75, 3.05) is 7.11 Å². The number of hydrogen-bond acceptors (Lipinski definition) is 2. The van der Waals surface area contributed by atoms with Crippen LogP contribution < -0.4 is 4.74 Å². The molecule has 0 atom stereocenters. The lowest BCUT2D eigenvalue weighted by Gasteiger charge is -2.42. The minimum absolute atomic E-state index is 0.227. The fourth-order valence-electron chi connectivity index (χ4n) is 4.18. The summed E-state index contributed by atoms with van der Waals surface area (Å²) in [7, 11) is 1.32. The van der Waals surface area contributed by atoms with Gasteiger partial charge in [0.2, 0.25) is 0 Å². The summed E-state index contributed by atoms with van der Waals surface area (Å²) in [4.78, 5) is 5.17. The standard InChI is InChI=1S/C24H45NOP2/c1-21(2,3)27(22(4,5)6)16-18-14-20(26-13)15-19(25-18)17-28(23(7,8)9)24(10,11)12/h14-15H,16-17H2,1-13H3. The van der Waals surface area contributed by atoms with Crippen molar-refractivity contribution < 1.29 is 4.74 Å². The second-order valence-corrected chi connectivity index (χ2v) is 19.6. The van der Waals surface area contributed by atoms with E-state index in [1.165, 1.54) is 11.4 Å². The van der Waals surface area contributed by atoms with Crippen LogP contribution in [0.25, 0.3) is 0 Å². The van der Waals surface area contributed by atoms with Crippen molar-refractivity contribution >= 4 is 15.8 Å². The SMILES string of the molecule is COc1cc(CP(C(C)(C)C)C(C)(C)C)nc(CP(C(C)(C)C)C(C)(C)C)c1. The maximum atomic E-state index is 5.68. The molecule has 0 N–H and O–H groups in total. The summed E-state index contributed by atoms with van der Waals surface area (Å²) in [6.45, 7) is 28.5. The number of pyridine rings is 1. The van der Waals surface area contributed by atoms with Gasteiger partial charge in [0.05, 0.1) is 7.11 Å². The van der Waals surface area contributed by atoms with Gasteiger partial charge in [-0.3, -0.25) is 4.98 Å². The second kappa shape index (κ2) is 8.89. The van der Waals surface area contributed by atoms with E-state index in [1.54, 1.807) is 7.11 Å². The van der Waals surface area contributed by atoms with Crippen molar-refractivity contribution in [3.63, 3.8) is 0 Å². The molecule has 0 amide bonds. The first kappa shape index (κ1) is 25.8. The molecule has 1 aromatic heterocycles. The highest BCUT2D eigenvalue weighted by Gasteiger charge is 2.36. The van der Waals surface area contributed by atoms with Crippen LogP contribution in [0, 0.1) is 0 Å². The van der Waals surface area contributed by atoms with E-state index in [-0.39, 0.29) is 15.8 Å². The molecular formula is C24H45NOP2. The Labute approximate surface area is 178 Å². The monoisotopic (exact) mass is 425 g/mol. The summed E-state index contributed by atoms with van der Waals surface area (Å²) in [6, 6.07) is 4.32. The highest BCUT2D eigenvalue weighted by molar-refractivity contribution is 7.60. The summed E-state index contributed by atoms with van der Waals surface area (Å²) in [5.74, 6) is 0.954. The van der Waals surface area contributed by atoms with Gasteiger partial charge in [0.25, 0.3) is 0 Å². The normalized spacial score (nSPS) is 14.1. The Morgan fingerprint density at radius 1 is 0.643 bits per heavy atom. The summed E-state index contributed by atoms with van der Waals surface area (Å²) in [5, 5.41) is 1.17. The Bertz CT molecular complexity index is 562. The highest BCUT2D eigenvalue weighted by atomic mass is 31.1. The van der Waals surface area contributed by atoms with Crippen LogP contribution in [-0.4, -0.2) is 32.7 Å². The molecule has 1 rings (SSSR count). The zero-order chi connectivity index (χ0) is 22.1. The van der Waals surface area contributed by atoms with Crippen LogP contribution in [0.15, 0.2) is 12.1 Å². The van der Waals surface area contributed by atoms with Crippen molar-refractivity contribution in [3.8, 4) is 5.75 Å². The molecule has 1 aromatic rings. The van der Waals surface area contributed by atoms with Crippen molar-refractivity contribution in [1.29, 1.82) is 0 Å². The molecule has 0 saturated carbocycles. The Hall–Kier alpha value is -0.190. The first-order chi connectivity index (χ1) is 12.4. The van der Waals surface area contributed by atoms with Gasteiger partial charge in [0, 0.05) is 35.8 Å². The van der Waals surface area contributed by atoms with Gasteiger partial charge in [-0.15, -0.1) is 0 Å². The zero-order valence-corrected chi connectivity index (χ0v) is 22.6. The van der Waals surface area contributed by atoms with Crippen molar-refractivity contribution in [2.45, 2.75) is 116 Å². The van der Waals surface area contributed by atoms with E-state index in [4.69, 9.17) is 9.72 Å². The predicted molar refractivity (Wildman–Crippen MR) is 131 cm³/mol. The molecule has 1 heterocycles. The number of ether oxygens (including phenoxy) is 1. The van der Waals surface area contributed by atoms with Gasteiger partial charge < -0.3 is 4.74 Å². The molecule has 0 aliphatic rings. The summed E-state index contributed by atoms with van der Waals surface area (Å²) in [5.41, 5.74) is 2.39. The third kappa shape index (κ3) is 7.57. The summed E-state index contributed by atoms with van der Waals surface area (Å²) < 4.78 is 5.68. The molecule has 0 radical (unpaired) electrons. The number of rotatable bonds is 5. The maximum Gasteiger partial charge on any atom is 0.122 e. The smallest absolute Gasteiger partial charge is 0.122 e. The minimum Gasteiger partial charge on any atom is -0.497 e. The van der Waals surface area contributed by atoms with Crippen molar-refractivity contribution in [2.24, 2.45) is 0 Å². The van der Waals surface area contributed by atoms with Gasteiger partial charge in [-0.05, 0) is 20.6 Å². The Morgan fingerprint density at radius 3 is 1.14 bits per heavy atom. The number of aromatic nitrogens is 1. The Kier molecular flexibility index (Phi) is 8.21. The lowest BCUT2D eigenvalue weighted by atomic mass is 10.2. The van der Waals surface area contributed by atoms with Gasteiger partial charge in [-0.2, -0.15) is 0 Å². The maximum absolute atomic E-state index is 5.68. The fraction of sp³-hybridized carbons (Fsp3) is 0.792. The predicted octanol–water partition coefficient (Wildman–Crippen LogP) is 8.25. The molecule has 0 fully saturated rings. The molecule has 162 valence electrons. The Morgan fingerprint density at radius 2 is 0.929 bits per heavy atom. The topological polar surface area (TPSA) is 22.1 Å². The molecule has 0 aromatic carbocycles. The molecule has 0 spiro atoms. The lowest BCUT2D eigenvalue weighted by Crippen LogP contribution is -2.26. The van der Waals surface area contributed by atoms with Gasteiger partial charge in [0.15, 0.2) is 0 Å². The van der Waals surface area contributed by atoms with E-state index in [0.717, 1.165) is 18.1 Å². The van der Waals surface area contributed by atoms with Gasteiger partial charge >= 0.3 is 0 Å². The molecule has 0 unspecified atom stereocenters. The highest BCUT2D eigenvalue weighted by Crippen LogP contribution is 2.62. The number of methoxy groups -OCH3 is 1. The van der Waals surface area contributed by atoms with Crippen molar-refractivity contribution in [3.05, 3.63) is 23.5 Å². The third-order valence-corrected chi connectivity index (χ3v) is 12.8. The zero-order valence-electron chi connectivity index (χ0n) is 20.8. The summed E-state index contributed by atoms with van der Waals surface area (Å²) >= 11 is 0. The molecule has 0 aliphatic heterocycles. The van der Waals surface area contributed by atoms with E-state index < -0.39 is 0 Å². The summed E-state index contributed by atoms with van der Waals surface area (Å²) in [6.07, 6.45) is 2.10. The van der Waals surface area contributed by atoms with Crippen LogP contribution >= 0.6 is 15.8 Å². The van der Waals surface area contributed by atoms with Crippen molar-refractivity contribution in [1.82, 2.24) is 4.98 Å². The fourth-order valence-corrected chi connectivity index (χ4v) is 11.1. The van der Waals surface area contributed by atoms with Crippen LogP contribution in [0.4, 0.5) is 0 Å². The second-order valence-electron chi connectivity index (χ2n) is 11.8. The molecule has 2 nitrogen and oxygen atoms in total. The quantitative estimate of drug-likeness (QED) is 0.443. The van der Waals surface area contributed by atoms with Gasteiger partial charge in [0.1, 0.15) is 5.75 Å². The van der Waals surface area contributed by atoms with E-state index in [9.17, 15) is 0 Å². The van der Waals surface area contributed by atoms with Crippen LogP contribution in [0.5, 0.6) is 5.75 Å². The molecule has 4 heteroatoms.